The second-order valence-corrected chi connectivity index (χ2v) is 6.79. The van der Waals surface area contributed by atoms with Gasteiger partial charge in [0.05, 0.1) is 22.7 Å². The highest BCUT2D eigenvalue weighted by Crippen LogP contribution is 2.26. The van der Waals surface area contributed by atoms with Crippen molar-refractivity contribution in [3.05, 3.63) is 78.4 Å². The molecule has 3 aromatic rings. The monoisotopic (exact) mass is 456 g/mol. The quantitative estimate of drug-likeness (QED) is 0.227. The van der Waals surface area contributed by atoms with Gasteiger partial charge in [-0.2, -0.15) is 33.6 Å². The van der Waals surface area contributed by atoms with E-state index in [4.69, 9.17) is 5.11 Å². The molecular weight excluding hydrogens is 437 g/mol. The first-order chi connectivity index (χ1) is 15.8. The van der Waals surface area contributed by atoms with Crippen LogP contribution in [-0.2, 0) is 11.2 Å². The van der Waals surface area contributed by atoms with Crippen molar-refractivity contribution in [2.45, 2.75) is 19.0 Å². The maximum absolute atomic E-state index is 12.2. The summed E-state index contributed by atoms with van der Waals surface area (Å²) in [5, 5.41) is 25.3. The standard InChI is InChI=1S/C23H19F3N4O3/c24-23(25,26)22(32)33-21-13-11-20(12-14-21)30-29-19-9-7-18(8-10-19)28-27-17-5-3-16(4-6-17)2-1-15-31/h3-14,31H,1-2,15H2. The van der Waals surface area contributed by atoms with Gasteiger partial charge in [-0.25, -0.2) is 4.79 Å². The average molecular weight is 456 g/mol. The van der Waals surface area contributed by atoms with Gasteiger partial charge >= 0.3 is 12.1 Å². The predicted molar refractivity (Wildman–Crippen MR) is 115 cm³/mol. The Morgan fingerprint density at radius 2 is 1.12 bits per heavy atom. The number of aliphatic hydroxyl groups is 1. The second kappa shape index (κ2) is 11.1. The largest absolute Gasteiger partial charge is 0.491 e. The van der Waals surface area contributed by atoms with Crippen LogP contribution in [0, 0.1) is 0 Å². The first-order valence-corrected chi connectivity index (χ1v) is 9.86. The lowest BCUT2D eigenvalue weighted by Crippen LogP contribution is -2.27. The van der Waals surface area contributed by atoms with Crippen LogP contribution < -0.4 is 4.74 Å². The number of rotatable bonds is 8. The second-order valence-electron chi connectivity index (χ2n) is 6.79. The zero-order chi connectivity index (χ0) is 23.7. The molecule has 3 aromatic carbocycles. The molecule has 10 heteroatoms. The molecule has 0 heterocycles. The topological polar surface area (TPSA) is 96.0 Å². The zero-order valence-electron chi connectivity index (χ0n) is 17.2. The molecule has 0 atom stereocenters. The number of hydrogen-bond donors (Lipinski definition) is 1. The summed E-state index contributed by atoms with van der Waals surface area (Å²) in [6, 6.07) is 19.6. The number of esters is 1. The van der Waals surface area contributed by atoms with E-state index < -0.39 is 12.1 Å². The van der Waals surface area contributed by atoms with Crippen LogP contribution in [0.1, 0.15) is 12.0 Å². The highest BCUT2D eigenvalue weighted by molar-refractivity contribution is 5.78. The summed E-state index contributed by atoms with van der Waals surface area (Å²) >= 11 is 0. The highest BCUT2D eigenvalue weighted by atomic mass is 19.4. The van der Waals surface area contributed by atoms with Crippen molar-refractivity contribution in [2.24, 2.45) is 20.5 Å². The van der Waals surface area contributed by atoms with Gasteiger partial charge in [0.15, 0.2) is 0 Å². The van der Waals surface area contributed by atoms with E-state index in [-0.39, 0.29) is 12.4 Å². The van der Waals surface area contributed by atoms with E-state index >= 15 is 0 Å². The number of aryl methyl sites for hydroxylation is 1. The molecule has 0 aromatic heterocycles. The van der Waals surface area contributed by atoms with Crippen molar-refractivity contribution in [2.75, 3.05) is 6.61 Å². The van der Waals surface area contributed by atoms with Crippen LogP contribution in [0.4, 0.5) is 35.9 Å². The molecule has 0 spiro atoms. The average Bonchev–Trinajstić information content (AvgIpc) is 2.81. The molecule has 0 radical (unpaired) electrons. The van der Waals surface area contributed by atoms with Crippen molar-refractivity contribution >= 4 is 28.7 Å². The predicted octanol–water partition coefficient (Wildman–Crippen LogP) is 6.91. The third-order valence-corrected chi connectivity index (χ3v) is 4.25. The smallest absolute Gasteiger partial charge is 0.420 e. The molecule has 170 valence electrons. The molecule has 0 saturated carbocycles. The summed E-state index contributed by atoms with van der Waals surface area (Å²) in [5.74, 6) is -2.53. The Morgan fingerprint density at radius 3 is 1.52 bits per heavy atom. The van der Waals surface area contributed by atoms with E-state index in [9.17, 15) is 18.0 Å². The van der Waals surface area contributed by atoms with E-state index in [0.29, 0.717) is 29.2 Å². The van der Waals surface area contributed by atoms with Gasteiger partial charge < -0.3 is 9.84 Å². The summed E-state index contributed by atoms with van der Waals surface area (Å²) in [6.45, 7) is 0.159. The number of carbonyl (C=O) groups is 1. The van der Waals surface area contributed by atoms with Crippen LogP contribution in [0.5, 0.6) is 5.75 Å². The fourth-order valence-corrected chi connectivity index (χ4v) is 2.58. The van der Waals surface area contributed by atoms with E-state index in [1.165, 1.54) is 24.3 Å². The van der Waals surface area contributed by atoms with Gasteiger partial charge in [-0.05, 0) is 79.1 Å². The maximum Gasteiger partial charge on any atom is 0.491 e. The highest BCUT2D eigenvalue weighted by Gasteiger charge is 2.41. The van der Waals surface area contributed by atoms with Gasteiger partial charge in [0, 0.05) is 6.61 Å². The van der Waals surface area contributed by atoms with Gasteiger partial charge in [0.2, 0.25) is 0 Å². The van der Waals surface area contributed by atoms with Gasteiger partial charge in [-0.15, -0.1) is 0 Å². The van der Waals surface area contributed by atoms with Crippen molar-refractivity contribution in [1.29, 1.82) is 0 Å². The van der Waals surface area contributed by atoms with Crippen molar-refractivity contribution < 1.29 is 27.8 Å². The third-order valence-electron chi connectivity index (χ3n) is 4.25. The summed E-state index contributed by atoms with van der Waals surface area (Å²) in [5.41, 5.74) is 3.35. The fourth-order valence-electron chi connectivity index (χ4n) is 2.58. The first-order valence-electron chi connectivity index (χ1n) is 9.86. The number of aliphatic hydroxyl groups excluding tert-OH is 1. The summed E-state index contributed by atoms with van der Waals surface area (Å²) in [7, 11) is 0. The summed E-state index contributed by atoms with van der Waals surface area (Å²) < 4.78 is 40.9. The molecule has 3 rings (SSSR count). The fraction of sp³-hybridized carbons (Fsp3) is 0.174. The minimum absolute atomic E-state index is 0.159. The van der Waals surface area contributed by atoms with Crippen LogP contribution in [0.25, 0.3) is 0 Å². The SMILES string of the molecule is O=C(Oc1ccc(N=Nc2ccc(N=Nc3ccc(CCCO)cc3)cc2)cc1)C(F)(F)F. The number of halogens is 3. The Morgan fingerprint density at radius 1 is 0.727 bits per heavy atom. The third kappa shape index (κ3) is 7.62. The molecule has 0 unspecified atom stereocenters. The van der Waals surface area contributed by atoms with Gasteiger partial charge in [0.25, 0.3) is 0 Å². The van der Waals surface area contributed by atoms with E-state index in [2.05, 4.69) is 25.2 Å². The Hall–Kier alpha value is -3.92. The summed E-state index contributed by atoms with van der Waals surface area (Å²) in [4.78, 5) is 10.8. The molecule has 0 bridgehead atoms. The van der Waals surface area contributed by atoms with Crippen LogP contribution in [0.15, 0.2) is 93.3 Å². The molecule has 0 saturated heterocycles. The Balaban J connectivity index is 1.55. The minimum Gasteiger partial charge on any atom is -0.420 e. The van der Waals surface area contributed by atoms with Crippen LogP contribution in [0.2, 0.25) is 0 Å². The lowest BCUT2D eigenvalue weighted by molar-refractivity contribution is -0.189. The van der Waals surface area contributed by atoms with E-state index in [0.717, 1.165) is 12.0 Å². The summed E-state index contributed by atoms with van der Waals surface area (Å²) in [6.07, 6.45) is -3.54. The number of nitrogens with zero attached hydrogens (tertiary/aromatic N) is 4. The minimum atomic E-state index is -5.06. The van der Waals surface area contributed by atoms with E-state index in [1.807, 2.05) is 24.3 Å². The maximum atomic E-state index is 12.2. The number of carbonyl (C=O) groups excluding carboxylic acids is 1. The first kappa shape index (κ1) is 23.7. The molecule has 0 fully saturated rings. The molecular formula is C23H19F3N4O3. The van der Waals surface area contributed by atoms with E-state index in [1.54, 1.807) is 24.3 Å². The van der Waals surface area contributed by atoms with Crippen molar-refractivity contribution in [1.82, 2.24) is 0 Å². The normalized spacial score (nSPS) is 11.9. The lowest BCUT2D eigenvalue weighted by Gasteiger charge is -2.06. The van der Waals surface area contributed by atoms with Crippen molar-refractivity contribution in [3.63, 3.8) is 0 Å². The lowest BCUT2D eigenvalue weighted by atomic mass is 10.1. The van der Waals surface area contributed by atoms with Gasteiger partial charge in [-0.1, -0.05) is 12.1 Å². The number of alkyl halides is 3. The molecule has 0 amide bonds. The Labute approximate surface area is 187 Å². The molecule has 0 aliphatic rings. The zero-order valence-corrected chi connectivity index (χ0v) is 17.2. The van der Waals surface area contributed by atoms with Crippen LogP contribution in [0.3, 0.4) is 0 Å². The molecule has 1 N–H and O–H groups in total. The van der Waals surface area contributed by atoms with Gasteiger partial charge in [-0.3, -0.25) is 0 Å². The van der Waals surface area contributed by atoms with Crippen molar-refractivity contribution in [3.8, 4) is 5.75 Å². The number of ether oxygens (including phenoxy) is 1. The molecule has 0 aliphatic heterocycles. The molecule has 33 heavy (non-hydrogen) atoms. The Bertz CT molecular complexity index is 1110. The molecule has 7 nitrogen and oxygen atoms in total. The molecule has 0 aliphatic carbocycles. The number of hydrogen-bond acceptors (Lipinski definition) is 7. The number of benzene rings is 3. The van der Waals surface area contributed by atoms with Crippen LogP contribution >= 0.6 is 0 Å². The Kier molecular flexibility index (Phi) is 7.98. The van der Waals surface area contributed by atoms with Crippen LogP contribution in [-0.4, -0.2) is 23.9 Å². The van der Waals surface area contributed by atoms with Gasteiger partial charge in [0.1, 0.15) is 5.75 Å². The number of azo groups is 2.